The first-order chi connectivity index (χ1) is 15.9. The average Bonchev–Trinajstić information content (AvgIpc) is 2.84. The highest BCUT2D eigenvalue weighted by atomic mass is 14.3. The highest BCUT2D eigenvalue weighted by molar-refractivity contribution is 6.18. The van der Waals surface area contributed by atoms with E-state index >= 15 is 0 Å². The van der Waals surface area contributed by atoms with Crippen LogP contribution < -0.4 is 0 Å². The van der Waals surface area contributed by atoms with Crippen LogP contribution in [0.5, 0.6) is 0 Å². The minimum absolute atomic E-state index is 0.999. The molecule has 2 aliphatic rings. The van der Waals surface area contributed by atoms with Gasteiger partial charge in [-0.3, -0.25) is 0 Å². The van der Waals surface area contributed by atoms with E-state index in [1.54, 1.807) is 0 Å². The summed E-state index contributed by atoms with van der Waals surface area (Å²) in [6, 6.07) is 31.9. The fourth-order valence-electron chi connectivity index (χ4n) is 6.35. The van der Waals surface area contributed by atoms with Gasteiger partial charge in [-0.2, -0.15) is 0 Å². The molecule has 6 aromatic rings. The Kier molecular flexibility index (Phi) is 3.07. The molecule has 0 aromatic heterocycles. The molecule has 0 saturated heterocycles. The lowest BCUT2D eigenvalue weighted by atomic mass is 9.77. The first-order valence-electron chi connectivity index (χ1n) is 11.5. The molecule has 32 heavy (non-hydrogen) atoms. The Morgan fingerprint density at radius 2 is 1.44 bits per heavy atom. The molecule has 0 fully saturated rings. The summed E-state index contributed by atoms with van der Waals surface area (Å²) in [6.45, 7) is 0. The Labute approximate surface area is 186 Å². The third-order valence-corrected chi connectivity index (χ3v) is 7.62. The van der Waals surface area contributed by atoms with Gasteiger partial charge < -0.3 is 0 Å². The third kappa shape index (κ3) is 2.03. The molecule has 0 spiro atoms. The lowest BCUT2D eigenvalue weighted by molar-refractivity contribution is 1.20. The number of hydrogen-bond acceptors (Lipinski definition) is 0. The van der Waals surface area contributed by atoms with E-state index in [0.29, 0.717) is 0 Å². The Hall–Kier alpha value is -3.90. The van der Waals surface area contributed by atoms with Crippen LogP contribution in [-0.4, -0.2) is 0 Å². The van der Waals surface area contributed by atoms with Crippen LogP contribution in [0.15, 0.2) is 91.0 Å². The largest absolute Gasteiger partial charge is 0.0794 e. The van der Waals surface area contributed by atoms with Crippen molar-refractivity contribution >= 4 is 49.2 Å². The van der Waals surface area contributed by atoms with Crippen LogP contribution in [0.2, 0.25) is 0 Å². The van der Waals surface area contributed by atoms with Crippen molar-refractivity contribution < 1.29 is 0 Å². The molecule has 0 heterocycles. The predicted octanol–water partition coefficient (Wildman–Crippen LogP) is 8.44. The van der Waals surface area contributed by atoms with Crippen LogP contribution in [-0.2, 0) is 12.8 Å². The molecule has 0 bridgehead atoms. The minimum atomic E-state index is 0.999. The smallest absolute Gasteiger partial charge is 0.00128 e. The summed E-state index contributed by atoms with van der Waals surface area (Å²) in [6.07, 6.45) is 6.75. The molecule has 8 rings (SSSR count). The lowest BCUT2D eigenvalue weighted by Crippen LogP contribution is -2.06. The molecule has 0 radical (unpaired) electrons. The molecule has 0 unspecified atom stereocenters. The van der Waals surface area contributed by atoms with Gasteiger partial charge in [0.05, 0.1) is 0 Å². The van der Waals surface area contributed by atoms with E-state index in [-0.39, 0.29) is 0 Å². The standard InChI is InChI=1S/C32H20/c1-2-10-24-19(6-1)14-15-25-26-11-5-13-28-31(26)23(18-29(24)25)17-22-16-21-9-3-7-20-8-4-12-27(30(20)21)32(22)28/h1-10,12-15,17-18H,11,16H2. The molecule has 0 nitrogen and oxygen atoms in total. The van der Waals surface area contributed by atoms with E-state index in [1.165, 1.54) is 76.5 Å². The van der Waals surface area contributed by atoms with Gasteiger partial charge in [0.15, 0.2) is 0 Å². The second-order valence-corrected chi connectivity index (χ2v) is 9.26. The zero-order valence-corrected chi connectivity index (χ0v) is 17.7. The van der Waals surface area contributed by atoms with E-state index in [1.807, 2.05) is 0 Å². The molecule has 0 aliphatic heterocycles. The van der Waals surface area contributed by atoms with E-state index < -0.39 is 0 Å². The highest BCUT2D eigenvalue weighted by Gasteiger charge is 2.25. The van der Waals surface area contributed by atoms with Crippen molar-refractivity contribution in [2.45, 2.75) is 12.8 Å². The van der Waals surface area contributed by atoms with E-state index in [4.69, 9.17) is 0 Å². The van der Waals surface area contributed by atoms with Crippen LogP contribution in [0, 0.1) is 0 Å². The second kappa shape index (κ2) is 5.87. The molecular weight excluding hydrogens is 384 g/mol. The first kappa shape index (κ1) is 16.8. The van der Waals surface area contributed by atoms with Crippen LogP contribution in [0.1, 0.15) is 22.3 Å². The van der Waals surface area contributed by atoms with Crippen LogP contribution in [0.25, 0.3) is 60.3 Å². The summed E-state index contributed by atoms with van der Waals surface area (Å²) in [4.78, 5) is 0. The van der Waals surface area contributed by atoms with Crippen molar-refractivity contribution in [1.29, 1.82) is 0 Å². The molecule has 0 heteroatoms. The quantitative estimate of drug-likeness (QED) is 0.176. The number of benzene rings is 6. The minimum Gasteiger partial charge on any atom is -0.0794 e. The normalized spacial score (nSPS) is 13.9. The molecule has 0 saturated carbocycles. The van der Waals surface area contributed by atoms with Gasteiger partial charge in [-0.1, -0.05) is 91.0 Å². The van der Waals surface area contributed by atoms with Crippen LogP contribution >= 0.6 is 0 Å². The zero-order chi connectivity index (χ0) is 20.8. The van der Waals surface area contributed by atoms with Crippen molar-refractivity contribution in [1.82, 2.24) is 0 Å². The van der Waals surface area contributed by atoms with Gasteiger partial charge in [-0.05, 0) is 95.4 Å². The fraction of sp³-hybridized carbons (Fsp3) is 0.0625. The van der Waals surface area contributed by atoms with Crippen LogP contribution in [0.3, 0.4) is 0 Å². The molecule has 0 N–H and O–H groups in total. The summed E-state index contributed by atoms with van der Waals surface area (Å²) in [7, 11) is 0. The number of rotatable bonds is 0. The van der Waals surface area contributed by atoms with Crippen LogP contribution in [0.4, 0.5) is 0 Å². The van der Waals surface area contributed by atoms with Crippen molar-refractivity contribution in [3.8, 4) is 11.1 Å². The summed E-state index contributed by atoms with van der Waals surface area (Å²) in [5.74, 6) is 0. The van der Waals surface area contributed by atoms with E-state index in [2.05, 4.69) is 97.1 Å². The second-order valence-electron chi connectivity index (χ2n) is 9.26. The van der Waals surface area contributed by atoms with Gasteiger partial charge >= 0.3 is 0 Å². The average molecular weight is 405 g/mol. The van der Waals surface area contributed by atoms with E-state index in [9.17, 15) is 0 Å². The molecule has 0 atom stereocenters. The summed E-state index contributed by atoms with van der Waals surface area (Å²) >= 11 is 0. The summed E-state index contributed by atoms with van der Waals surface area (Å²) < 4.78 is 0. The van der Waals surface area contributed by atoms with Crippen molar-refractivity contribution in [2.75, 3.05) is 0 Å². The molecular formula is C32H20. The third-order valence-electron chi connectivity index (χ3n) is 7.62. The monoisotopic (exact) mass is 404 g/mol. The molecule has 0 amide bonds. The van der Waals surface area contributed by atoms with Crippen molar-refractivity contribution in [3.63, 3.8) is 0 Å². The van der Waals surface area contributed by atoms with Gasteiger partial charge in [0.1, 0.15) is 0 Å². The zero-order valence-electron chi connectivity index (χ0n) is 17.7. The first-order valence-corrected chi connectivity index (χ1v) is 11.5. The molecule has 6 aromatic carbocycles. The number of allylic oxidation sites excluding steroid dienone is 1. The fourth-order valence-corrected chi connectivity index (χ4v) is 6.35. The van der Waals surface area contributed by atoms with Crippen molar-refractivity contribution in [2.24, 2.45) is 0 Å². The van der Waals surface area contributed by atoms with Gasteiger partial charge in [0.2, 0.25) is 0 Å². The number of fused-ring (bicyclic) bond motifs is 7. The predicted molar refractivity (Wildman–Crippen MR) is 137 cm³/mol. The van der Waals surface area contributed by atoms with Gasteiger partial charge in [0.25, 0.3) is 0 Å². The maximum atomic E-state index is 2.48. The Balaban J connectivity index is 1.58. The lowest BCUT2D eigenvalue weighted by Gasteiger charge is -2.27. The van der Waals surface area contributed by atoms with Gasteiger partial charge in [-0.25, -0.2) is 0 Å². The van der Waals surface area contributed by atoms with Crippen molar-refractivity contribution in [3.05, 3.63) is 113 Å². The maximum Gasteiger partial charge on any atom is -0.00128 e. The Morgan fingerprint density at radius 3 is 2.41 bits per heavy atom. The topological polar surface area (TPSA) is 0 Å². The summed E-state index contributed by atoms with van der Waals surface area (Å²) in [5, 5.41) is 11.1. The van der Waals surface area contributed by atoms with Gasteiger partial charge in [-0.15, -0.1) is 0 Å². The summed E-state index contributed by atoms with van der Waals surface area (Å²) in [5.41, 5.74) is 8.64. The maximum absolute atomic E-state index is 2.48. The Morgan fingerprint density at radius 1 is 0.562 bits per heavy atom. The highest BCUT2D eigenvalue weighted by Crippen LogP contribution is 2.47. The molecule has 2 aliphatic carbocycles. The molecule has 148 valence electrons. The number of hydrogen-bond donors (Lipinski definition) is 0. The van der Waals surface area contributed by atoms with Gasteiger partial charge in [0, 0.05) is 0 Å². The Bertz CT molecular complexity index is 1810. The SMILES string of the molecule is C1=Cc2c3c(cc4cc5c(ccc6ccccc65)c(c24)C1)Cc1cccc2cccc-3c12. The van der Waals surface area contributed by atoms with E-state index in [0.717, 1.165) is 12.8 Å².